The van der Waals surface area contributed by atoms with Gasteiger partial charge in [0, 0.05) is 20.4 Å². The standard InChI is InChI=1S/C22H22Br3N3O3/c1-5-12(3)21-27-16-8-7-14(23)10-15(16)22(29)28(21)26-11-13-9-17(31-6-2)20(30-4)19(25)18(13)24/h7-12H,5-6H2,1-4H3/t12-/m1/s1. The third kappa shape index (κ3) is 4.88. The quantitative estimate of drug-likeness (QED) is 0.285. The van der Waals surface area contributed by atoms with E-state index in [1.54, 1.807) is 19.4 Å². The van der Waals surface area contributed by atoms with Crippen LogP contribution in [0.1, 0.15) is 44.5 Å². The number of rotatable bonds is 7. The average Bonchev–Trinajstić information content (AvgIpc) is 2.76. The molecule has 31 heavy (non-hydrogen) atoms. The van der Waals surface area contributed by atoms with Crippen molar-refractivity contribution in [2.75, 3.05) is 13.7 Å². The van der Waals surface area contributed by atoms with Gasteiger partial charge >= 0.3 is 0 Å². The lowest BCUT2D eigenvalue weighted by Crippen LogP contribution is -2.23. The molecule has 0 amide bonds. The molecule has 164 valence electrons. The van der Waals surface area contributed by atoms with Crippen molar-refractivity contribution in [1.82, 2.24) is 9.66 Å². The summed E-state index contributed by atoms with van der Waals surface area (Å²) in [5, 5.41) is 5.04. The minimum absolute atomic E-state index is 0.0583. The lowest BCUT2D eigenvalue weighted by molar-refractivity contribution is 0.309. The van der Waals surface area contributed by atoms with Gasteiger partial charge in [0.1, 0.15) is 5.82 Å². The van der Waals surface area contributed by atoms with Gasteiger partial charge < -0.3 is 9.47 Å². The Balaban J connectivity index is 2.21. The number of halogens is 3. The number of methoxy groups -OCH3 is 1. The number of ether oxygens (including phenoxy) is 2. The van der Waals surface area contributed by atoms with Crippen LogP contribution in [0.3, 0.4) is 0 Å². The van der Waals surface area contributed by atoms with Gasteiger partial charge in [0.15, 0.2) is 11.5 Å². The summed E-state index contributed by atoms with van der Waals surface area (Å²) in [6.45, 7) is 6.48. The Kier molecular flexibility index (Phi) is 7.93. The second kappa shape index (κ2) is 10.3. The molecule has 0 aliphatic heterocycles. The first kappa shape index (κ1) is 23.9. The van der Waals surface area contributed by atoms with E-state index in [1.165, 1.54) is 4.68 Å². The van der Waals surface area contributed by atoms with Crippen LogP contribution in [-0.2, 0) is 0 Å². The van der Waals surface area contributed by atoms with Crippen LogP contribution in [0.2, 0.25) is 0 Å². The van der Waals surface area contributed by atoms with Gasteiger partial charge in [0.25, 0.3) is 5.56 Å². The SMILES string of the molecule is CCOc1cc(C=Nn2c([C@H](C)CC)nc3ccc(Br)cc3c2=O)c(Br)c(Br)c1OC. The molecule has 0 spiro atoms. The molecule has 0 bridgehead atoms. The summed E-state index contributed by atoms with van der Waals surface area (Å²) in [5.74, 6) is 1.84. The summed E-state index contributed by atoms with van der Waals surface area (Å²) in [6, 6.07) is 7.31. The van der Waals surface area contributed by atoms with Crippen molar-refractivity contribution in [3.63, 3.8) is 0 Å². The summed E-state index contributed by atoms with van der Waals surface area (Å²) < 4.78 is 14.8. The topological polar surface area (TPSA) is 65.7 Å². The van der Waals surface area contributed by atoms with Gasteiger partial charge in [-0.2, -0.15) is 9.78 Å². The molecule has 1 atom stereocenters. The van der Waals surface area contributed by atoms with Gasteiger partial charge in [0.05, 0.1) is 35.3 Å². The zero-order valence-corrected chi connectivity index (χ0v) is 22.3. The first-order valence-corrected chi connectivity index (χ1v) is 12.2. The Labute approximate surface area is 206 Å². The molecule has 1 heterocycles. The molecule has 3 rings (SSSR count). The molecular weight excluding hydrogens is 594 g/mol. The average molecular weight is 616 g/mol. The molecule has 9 heteroatoms. The van der Waals surface area contributed by atoms with Gasteiger partial charge in [-0.3, -0.25) is 4.79 Å². The highest BCUT2D eigenvalue weighted by Gasteiger charge is 2.18. The molecule has 3 aromatic rings. The van der Waals surface area contributed by atoms with Crippen molar-refractivity contribution in [2.45, 2.75) is 33.1 Å². The Hall–Kier alpha value is -1.71. The first-order chi connectivity index (χ1) is 14.8. The predicted octanol–water partition coefficient (Wildman–Crippen LogP) is 6.49. The number of aromatic nitrogens is 2. The normalized spacial score (nSPS) is 12.5. The Bertz CT molecular complexity index is 1210. The largest absolute Gasteiger partial charge is 0.492 e. The zero-order valence-electron chi connectivity index (χ0n) is 17.6. The Morgan fingerprint density at radius 3 is 2.58 bits per heavy atom. The number of nitrogens with zero attached hydrogens (tertiary/aromatic N) is 3. The molecule has 2 aromatic carbocycles. The molecular formula is C22H22Br3N3O3. The second-order valence-electron chi connectivity index (χ2n) is 6.86. The number of benzene rings is 2. The van der Waals surface area contributed by atoms with E-state index in [9.17, 15) is 4.79 Å². The van der Waals surface area contributed by atoms with Crippen LogP contribution in [0.25, 0.3) is 10.9 Å². The van der Waals surface area contributed by atoms with E-state index < -0.39 is 0 Å². The third-order valence-corrected chi connectivity index (χ3v) is 7.49. The van der Waals surface area contributed by atoms with Crippen LogP contribution in [0, 0.1) is 0 Å². The van der Waals surface area contributed by atoms with Crippen LogP contribution in [-0.4, -0.2) is 29.6 Å². The predicted molar refractivity (Wildman–Crippen MR) is 135 cm³/mol. The van der Waals surface area contributed by atoms with Gasteiger partial charge in [-0.1, -0.05) is 29.8 Å². The summed E-state index contributed by atoms with van der Waals surface area (Å²) in [5.41, 5.74) is 1.17. The maximum Gasteiger partial charge on any atom is 0.282 e. The molecule has 0 saturated heterocycles. The maximum absolute atomic E-state index is 13.3. The van der Waals surface area contributed by atoms with E-state index in [0.717, 1.165) is 20.9 Å². The Morgan fingerprint density at radius 2 is 1.94 bits per heavy atom. The minimum Gasteiger partial charge on any atom is -0.492 e. The van der Waals surface area contributed by atoms with Crippen LogP contribution in [0.4, 0.5) is 0 Å². The van der Waals surface area contributed by atoms with Crippen molar-refractivity contribution in [3.05, 3.63) is 59.4 Å². The number of hydrogen-bond donors (Lipinski definition) is 0. The van der Waals surface area contributed by atoms with E-state index in [2.05, 4.69) is 59.8 Å². The lowest BCUT2D eigenvalue weighted by atomic mass is 10.1. The molecule has 0 N–H and O–H groups in total. The van der Waals surface area contributed by atoms with Crippen molar-refractivity contribution in [3.8, 4) is 11.5 Å². The zero-order chi connectivity index (χ0) is 22.7. The fourth-order valence-corrected chi connectivity index (χ4v) is 4.39. The smallest absolute Gasteiger partial charge is 0.282 e. The molecule has 0 aliphatic carbocycles. The fourth-order valence-electron chi connectivity index (χ4n) is 3.05. The lowest BCUT2D eigenvalue weighted by Gasteiger charge is -2.15. The van der Waals surface area contributed by atoms with E-state index in [1.807, 2.05) is 32.0 Å². The first-order valence-electron chi connectivity index (χ1n) is 9.77. The molecule has 0 saturated carbocycles. The highest BCUT2D eigenvalue weighted by atomic mass is 79.9. The molecule has 0 fully saturated rings. The van der Waals surface area contributed by atoms with E-state index >= 15 is 0 Å². The highest BCUT2D eigenvalue weighted by Crippen LogP contribution is 2.42. The summed E-state index contributed by atoms with van der Waals surface area (Å²) >= 11 is 10.5. The van der Waals surface area contributed by atoms with Crippen molar-refractivity contribution in [2.24, 2.45) is 5.10 Å². The third-order valence-electron chi connectivity index (χ3n) is 4.86. The fraction of sp³-hybridized carbons (Fsp3) is 0.318. The maximum atomic E-state index is 13.3. The highest BCUT2D eigenvalue weighted by molar-refractivity contribution is 9.13. The van der Waals surface area contributed by atoms with Crippen molar-refractivity contribution < 1.29 is 9.47 Å². The minimum atomic E-state index is -0.216. The summed E-state index contributed by atoms with van der Waals surface area (Å²) in [6.07, 6.45) is 2.45. The Morgan fingerprint density at radius 1 is 1.19 bits per heavy atom. The van der Waals surface area contributed by atoms with Crippen molar-refractivity contribution in [1.29, 1.82) is 0 Å². The van der Waals surface area contributed by atoms with Crippen LogP contribution < -0.4 is 15.0 Å². The van der Waals surface area contributed by atoms with E-state index in [0.29, 0.717) is 39.3 Å². The number of fused-ring (bicyclic) bond motifs is 1. The van der Waals surface area contributed by atoms with Crippen LogP contribution in [0.15, 0.2) is 47.6 Å². The molecule has 0 aliphatic rings. The van der Waals surface area contributed by atoms with E-state index in [4.69, 9.17) is 14.5 Å². The molecule has 6 nitrogen and oxygen atoms in total. The van der Waals surface area contributed by atoms with Crippen molar-refractivity contribution >= 4 is 64.9 Å². The van der Waals surface area contributed by atoms with Gasteiger partial charge in [-0.15, -0.1) is 0 Å². The van der Waals surface area contributed by atoms with Crippen LogP contribution >= 0.6 is 47.8 Å². The second-order valence-corrected chi connectivity index (χ2v) is 9.36. The van der Waals surface area contributed by atoms with E-state index in [-0.39, 0.29) is 11.5 Å². The molecule has 0 radical (unpaired) electrons. The molecule has 1 aromatic heterocycles. The van der Waals surface area contributed by atoms with Gasteiger partial charge in [-0.05, 0) is 69.5 Å². The number of hydrogen-bond acceptors (Lipinski definition) is 5. The summed E-state index contributed by atoms with van der Waals surface area (Å²) in [4.78, 5) is 18.0. The summed E-state index contributed by atoms with van der Waals surface area (Å²) in [7, 11) is 1.58. The van der Waals surface area contributed by atoms with Gasteiger partial charge in [-0.25, -0.2) is 4.98 Å². The van der Waals surface area contributed by atoms with Gasteiger partial charge in [0.2, 0.25) is 0 Å². The molecule has 0 unspecified atom stereocenters. The van der Waals surface area contributed by atoms with Crippen LogP contribution in [0.5, 0.6) is 11.5 Å². The monoisotopic (exact) mass is 613 g/mol.